The molecule has 1 N–H and O–H groups in total. The standard InChI is InChI=1S/C10H6FN2/c11-8-2-1-6-3-7-5-12-13-10(7)9(6)4-8/h1-2,4H,3H2,(H,12,13). The molecule has 1 radical (unpaired) electrons. The van der Waals surface area contributed by atoms with Crippen molar-refractivity contribution in [3.63, 3.8) is 0 Å². The van der Waals surface area contributed by atoms with Crippen LogP contribution in [-0.2, 0) is 6.42 Å². The molecule has 0 spiro atoms. The lowest BCUT2D eigenvalue weighted by Crippen LogP contribution is -1.83. The average Bonchev–Trinajstić information content (AvgIpc) is 2.64. The molecule has 0 saturated heterocycles. The van der Waals surface area contributed by atoms with Crippen LogP contribution in [0.5, 0.6) is 0 Å². The Balaban J connectivity index is 2.31. The first-order valence-electron chi connectivity index (χ1n) is 4.08. The fourth-order valence-electron chi connectivity index (χ4n) is 1.74. The molecule has 0 saturated carbocycles. The van der Waals surface area contributed by atoms with Crippen LogP contribution in [0.4, 0.5) is 4.39 Å². The highest BCUT2D eigenvalue weighted by atomic mass is 19.1. The molecular formula is C10H6FN2. The molecule has 0 amide bonds. The van der Waals surface area contributed by atoms with E-state index in [4.69, 9.17) is 0 Å². The van der Waals surface area contributed by atoms with Crippen LogP contribution in [0.2, 0.25) is 0 Å². The summed E-state index contributed by atoms with van der Waals surface area (Å²) in [6, 6.07) is 4.81. The molecule has 1 aromatic carbocycles. The molecule has 13 heavy (non-hydrogen) atoms. The monoisotopic (exact) mass is 173 g/mol. The molecule has 1 heterocycles. The maximum absolute atomic E-state index is 12.9. The van der Waals surface area contributed by atoms with Crippen LogP contribution >= 0.6 is 0 Å². The molecule has 1 aromatic heterocycles. The molecule has 1 aliphatic rings. The van der Waals surface area contributed by atoms with Crippen molar-refractivity contribution in [1.82, 2.24) is 10.2 Å². The smallest absolute Gasteiger partial charge is 0.123 e. The largest absolute Gasteiger partial charge is 0.275 e. The third-order valence-electron chi connectivity index (χ3n) is 2.35. The Hall–Kier alpha value is -1.64. The fraction of sp³-hybridized carbons (Fsp3) is 0.100. The molecule has 0 bridgehead atoms. The van der Waals surface area contributed by atoms with Gasteiger partial charge in [0.25, 0.3) is 0 Å². The first-order chi connectivity index (χ1) is 6.34. The van der Waals surface area contributed by atoms with Crippen molar-refractivity contribution < 1.29 is 4.39 Å². The highest BCUT2D eigenvalue weighted by molar-refractivity contribution is 5.72. The first-order valence-corrected chi connectivity index (χ1v) is 4.08. The molecule has 0 aliphatic heterocycles. The number of halogens is 1. The molecule has 2 nitrogen and oxygen atoms in total. The van der Waals surface area contributed by atoms with Crippen molar-refractivity contribution in [3.05, 3.63) is 41.3 Å². The van der Waals surface area contributed by atoms with Gasteiger partial charge in [0.1, 0.15) is 5.82 Å². The lowest BCUT2D eigenvalue weighted by molar-refractivity contribution is 0.628. The van der Waals surface area contributed by atoms with E-state index in [1.807, 2.05) is 0 Å². The Morgan fingerprint density at radius 1 is 1.46 bits per heavy atom. The van der Waals surface area contributed by atoms with E-state index < -0.39 is 0 Å². The summed E-state index contributed by atoms with van der Waals surface area (Å²) >= 11 is 0. The Kier molecular flexibility index (Phi) is 1.15. The Morgan fingerprint density at radius 2 is 2.38 bits per heavy atom. The van der Waals surface area contributed by atoms with Crippen LogP contribution in [0.3, 0.4) is 0 Å². The Bertz CT molecular complexity index is 474. The van der Waals surface area contributed by atoms with E-state index in [-0.39, 0.29) is 5.82 Å². The van der Waals surface area contributed by atoms with Crippen molar-refractivity contribution in [3.8, 4) is 11.3 Å². The molecule has 3 rings (SSSR count). The van der Waals surface area contributed by atoms with Gasteiger partial charge in [0.15, 0.2) is 0 Å². The zero-order valence-corrected chi connectivity index (χ0v) is 6.76. The summed E-state index contributed by atoms with van der Waals surface area (Å²) in [4.78, 5) is 0. The minimum Gasteiger partial charge on any atom is -0.275 e. The third-order valence-corrected chi connectivity index (χ3v) is 2.35. The van der Waals surface area contributed by atoms with Gasteiger partial charge >= 0.3 is 0 Å². The molecule has 0 unspecified atom stereocenters. The van der Waals surface area contributed by atoms with Gasteiger partial charge in [-0.05, 0) is 17.7 Å². The molecule has 0 atom stereocenters. The van der Waals surface area contributed by atoms with Crippen molar-refractivity contribution in [1.29, 1.82) is 0 Å². The Labute approximate surface area is 74.4 Å². The summed E-state index contributed by atoms with van der Waals surface area (Å²) in [5, 5.41) is 6.70. The van der Waals surface area contributed by atoms with Crippen molar-refractivity contribution in [2.45, 2.75) is 6.42 Å². The topological polar surface area (TPSA) is 28.7 Å². The minimum atomic E-state index is -0.213. The number of nitrogens with one attached hydrogen (secondary N) is 1. The summed E-state index contributed by atoms with van der Waals surface area (Å²) < 4.78 is 12.9. The van der Waals surface area contributed by atoms with Crippen LogP contribution in [0.15, 0.2) is 18.2 Å². The highest BCUT2D eigenvalue weighted by Crippen LogP contribution is 2.34. The van der Waals surface area contributed by atoms with Crippen molar-refractivity contribution in [2.75, 3.05) is 0 Å². The predicted molar refractivity (Wildman–Crippen MR) is 45.6 cm³/mol. The van der Waals surface area contributed by atoms with Crippen molar-refractivity contribution >= 4 is 0 Å². The van der Waals surface area contributed by atoms with Gasteiger partial charge in [-0.15, -0.1) is 0 Å². The van der Waals surface area contributed by atoms with Gasteiger partial charge in [-0.25, -0.2) is 4.39 Å². The number of fused-ring (bicyclic) bond motifs is 3. The number of hydrogen-bond acceptors (Lipinski definition) is 1. The van der Waals surface area contributed by atoms with Gasteiger partial charge in [0, 0.05) is 17.5 Å². The molecule has 0 fully saturated rings. The van der Waals surface area contributed by atoms with E-state index >= 15 is 0 Å². The summed E-state index contributed by atoms with van der Waals surface area (Å²) in [7, 11) is 0. The molecular weight excluding hydrogens is 167 g/mol. The number of rotatable bonds is 0. The minimum absolute atomic E-state index is 0.213. The average molecular weight is 173 g/mol. The lowest BCUT2D eigenvalue weighted by Gasteiger charge is -1.97. The van der Waals surface area contributed by atoms with E-state index in [1.165, 1.54) is 12.1 Å². The second-order valence-corrected chi connectivity index (χ2v) is 3.15. The SMILES string of the molecule is Fc1ccc2c(c1)-c1n[nH][c]c1C2. The summed E-state index contributed by atoms with van der Waals surface area (Å²) in [5.74, 6) is -0.213. The van der Waals surface area contributed by atoms with Gasteiger partial charge in [-0.2, -0.15) is 5.10 Å². The molecule has 3 heteroatoms. The van der Waals surface area contributed by atoms with E-state index in [9.17, 15) is 4.39 Å². The second-order valence-electron chi connectivity index (χ2n) is 3.15. The summed E-state index contributed by atoms with van der Waals surface area (Å²) in [6.07, 6.45) is 3.73. The first kappa shape index (κ1) is 6.83. The Morgan fingerprint density at radius 3 is 3.31 bits per heavy atom. The number of H-pyrrole nitrogens is 1. The van der Waals surface area contributed by atoms with E-state index in [1.54, 1.807) is 6.07 Å². The fourth-order valence-corrected chi connectivity index (χ4v) is 1.74. The van der Waals surface area contributed by atoms with Crippen LogP contribution in [0.1, 0.15) is 11.1 Å². The van der Waals surface area contributed by atoms with Gasteiger partial charge in [0.2, 0.25) is 0 Å². The quantitative estimate of drug-likeness (QED) is 0.552. The van der Waals surface area contributed by atoms with Gasteiger partial charge in [-0.1, -0.05) is 6.07 Å². The van der Waals surface area contributed by atoms with Crippen LogP contribution in [0, 0.1) is 12.0 Å². The van der Waals surface area contributed by atoms with E-state index in [0.717, 1.165) is 28.8 Å². The highest BCUT2D eigenvalue weighted by Gasteiger charge is 2.21. The number of aromatic amines is 1. The molecule has 1 aliphatic carbocycles. The maximum Gasteiger partial charge on any atom is 0.123 e. The molecule has 63 valence electrons. The lowest BCUT2D eigenvalue weighted by atomic mass is 10.1. The zero-order chi connectivity index (χ0) is 8.84. The number of nitrogens with zero attached hydrogens (tertiary/aromatic N) is 1. The van der Waals surface area contributed by atoms with E-state index in [0.29, 0.717) is 0 Å². The van der Waals surface area contributed by atoms with Crippen LogP contribution in [0.25, 0.3) is 11.3 Å². The predicted octanol–water partition coefficient (Wildman–Crippen LogP) is 1.92. The zero-order valence-electron chi connectivity index (χ0n) is 6.76. The number of hydrogen-bond donors (Lipinski definition) is 1. The van der Waals surface area contributed by atoms with Gasteiger partial charge < -0.3 is 0 Å². The number of aromatic nitrogens is 2. The summed E-state index contributed by atoms with van der Waals surface area (Å²) in [5.41, 5.74) is 3.90. The molecule has 2 aromatic rings. The van der Waals surface area contributed by atoms with Gasteiger partial charge in [-0.3, -0.25) is 5.10 Å². The third kappa shape index (κ3) is 0.840. The van der Waals surface area contributed by atoms with Gasteiger partial charge in [0.05, 0.1) is 11.9 Å². The number of benzene rings is 1. The van der Waals surface area contributed by atoms with Crippen LogP contribution in [-0.4, -0.2) is 10.2 Å². The van der Waals surface area contributed by atoms with Crippen molar-refractivity contribution in [2.24, 2.45) is 0 Å². The normalized spacial score (nSPS) is 12.7. The van der Waals surface area contributed by atoms with Crippen LogP contribution < -0.4 is 0 Å². The van der Waals surface area contributed by atoms with E-state index in [2.05, 4.69) is 16.4 Å². The second kappa shape index (κ2) is 2.19. The maximum atomic E-state index is 12.9. The summed E-state index contributed by atoms with van der Waals surface area (Å²) in [6.45, 7) is 0.